The average Bonchev–Trinajstić information content (AvgIpc) is 2.70. The first-order chi connectivity index (χ1) is 9.56. The Kier molecular flexibility index (Phi) is 3.20. The summed E-state index contributed by atoms with van der Waals surface area (Å²) in [4.78, 5) is 15.9. The molecule has 1 N–H and O–H groups in total. The van der Waals surface area contributed by atoms with Gasteiger partial charge in [0.1, 0.15) is 11.0 Å². The van der Waals surface area contributed by atoms with Gasteiger partial charge in [0.15, 0.2) is 0 Å². The first-order valence-electron chi connectivity index (χ1n) is 5.69. The normalized spacial score (nSPS) is 15.3. The van der Waals surface area contributed by atoms with Crippen LogP contribution in [0.2, 0.25) is 10.2 Å². The van der Waals surface area contributed by atoms with Crippen LogP contribution in [0, 0.1) is 5.82 Å². The third kappa shape index (κ3) is 2.17. The molecule has 20 heavy (non-hydrogen) atoms. The molecule has 0 unspecified atom stereocenters. The molecule has 0 saturated heterocycles. The molecule has 0 radical (unpaired) electrons. The number of fused-ring (bicyclic) bond motifs is 1. The molecule has 1 aliphatic heterocycles. The quantitative estimate of drug-likeness (QED) is 0.638. The lowest BCUT2D eigenvalue weighted by Crippen LogP contribution is -2.03. The van der Waals surface area contributed by atoms with Gasteiger partial charge < -0.3 is 5.32 Å². The smallest absolute Gasteiger partial charge is 0.256 e. The van der Waals surface area contributed by atoms with Crippen LogP contribution in [0.15, 0.2) is 30.5 Å². The molecule has 0 saturated carbocycles. The maximum absolute atomic E-state index is 13.9. The number of carbonyl (C=O) groups excluding carboxylic acids is 1. The van der Waals surface area contributed by atoms with Gasteiger partial charge in [-0.1, -0.05) is 35.3 Å². The number of pyridine rings is 1. The number of rotatable bonds is 1. The van der Waals surface area contributed by atoms with Gasteiger partial charge in [-0.05, 0) is 18.2 Å². The van der Waals surface area contributed by atoms with Gasteiger partial charge in [0.2, 0.25) is 0 Å². The highest BCUT2D eigenvalue weighted by molar-refractivity contribution is 6.36. The Morgan fingerprint density at radius 1 is 1.30 bits per heavy atom. The number of amides is 1. The Hall–Kier alpha value is -1.91. The number of aromatic nitrogens is 1. The number of hydrogen-bond acceptors (Lipinski definition) is 2. The van der Waals surface area contributed by atoms with E-state index >= 15 is 0 Å². The summed E-state index contributed by atoms with van der Waals surface area (Å²) in [6.45, 7) is 0. The van der Waals surface area contributed by atoms with Crippen LogP contribution in [0.3, 0.4) is 0 Å². The van der Waals surface area contributed by atoms with Crippen LogP contribution in [0.25, 0.3) is 11.6 Å². The fourth-order valence-corrected chi connectivity index (χ4v) is 2.33. The number of anilines is 1. The summed E-state index contributed by atoms with van der Waals surface area (Å²) < 4.78 is 13.9. The zero-order valence-corrected chi connectivity index (χ0v) is 11.5. The number of nitrogens with zero attached hydrogens (tertiary/aromatic N) is 1. The Bertz CT molecular complexity index is 759. The van der Waals surface area contributed by atoms with Gasteiger partial charge in [-0.2, -0.15) is 0 Å². The third-order valence-electron chi connectivity index (χ3n) is 2.93. The molecule has 100 valence electrons. The summed E-state index contributed by atoms with van der Waals surface area (Å²) in [6.07, 6.45) is 2.92. The van der Waals surface area contributed by atoms with Crippen molar-refractivity contribution in [1.82, 2.24) is 4.98 Å². The van der Waals surface area contributed by atoms with Crippen LogP contribution in [0.1, 0.15) is 11.1 Å². The SMILES string of the molecule is O=C1Nc2cc(Cl)ncc2/C1=C/c1cccc(Cl)c1F. The molecule has 6 heteroatoms. The largest absolute Gasteiger partial charge is 0.321 e. The zero-order valence-electron chi connectivity index (χ0n) is 9.95. The van der Waals surface area contributed by atoms with Crippen molar-refractivity contribution in [3.8, 4) is 0 Å². The summed E-state index contributed by atoms with van der Waals surface area (Å²) in [7, 11) is 0. The second-order valence-electron chi connectivity index (χ2n) is 4.21. The highest BCUT2D eigenvalue weighted by Crippen LogP contribution is 2.34. The summed E-state index contributed by atoms with van der Waals surface area (Å²) in [5, 5.41) is 2.94. The van der Waals surface area contributed by atoms with E-state index in [1.807, 2.05) is 0 Å². The van der Waals surface area contributed by atoms with Crippen molar-refractivity contribution in [3.63, 3.8) is 0 Å². The van der Waals surface area contributed by atoms with Gasteiger partial charge in [0.05, 0.1) is 16.3 Å². The predicted molar refractivity (Wildman–Crippen MR) is 77.2 cm³/mol. The molecule has 1 amide bonds. The van der Waals surface area contributed by atoms with E-state index in [4.69, 9.17) is 23.2 Å². The first kappa shape index (κ1) is 13.1. The van der Waals surface area contributed by atoms with Crippen LogP contribution in [0.5, 0.6) is 0 Å². The summed E-state index contributed by atoms with van der Waals surface area (Å²) in [5.41, 5.74) is 1.71. The molecule has 0 bridgehead atoms. The maximum Gasteiger partial charge on any atom is 0.256 e. The second-order valence-corrected chi connectivity index (χ2v) is 5.00. The minimum atomic E-state index is -0.565. The molecule has 0 fully saturated rings. The van der Waals surface area contributed by atoms with Crippen molar-refractivity contribution < 1.29 is 9.18 Å². The zero-order chi connectivity index (χ0) is 14.3. The van der Waals surface area contributed by atoms with Crippen molar-refractivity contribution in [2.24, 2.45) is 0 Å². The van der Waals surface area contributed by atoms with Crippen LogP contribution < -0.4 is 5.32 Å². The molecule has 0 spiro atoms. The van der Waals surface area contributed by atoms with E-state index in [-0.39, 0.29) is 21.6 Å². The van der Waals surface area contributed by atoms with E-state index in [2.05, 4.69) is 10.3 Å². The molecule has 0 atom stereocenters. The molecule has 1 aromatic carbocycles. The lowest BCUT2D eigenvalue weighted by Gasteiger charge is -2.01. The van der Waals surface area contributed by atoms with E-state index < -0.39 is 5.82 Å². The van der Waals surface area contributed by atoms with Crippen molar-refractivity contribution >= 4 is 46.4 Å². The molecule has 3 nitrogen and oxygen atoms in total. The number of carbonyl (C=O) groups is 1. The van der Waals surface area contributed by atoms with Gasteiger partial charge in [0, 0.05) is 17.3 Å². The van der Waals surface area contributed by atoms with Crippen LogP contribution in [-0.4, -0.2) is 10.9 Å². The average molecular weight is 309 g/mol. The molecule has 3 rings (SSSR count). The molecule has 0 aliphatic carbocycles. The fraction of sp³-hybridized carbons (Fsp3) is 0. The van der Waals surface area contributed by atoms with E-state index in [9.17, 15) is 9.18 Å². The minimum absolute atomic E-state index is 0.00668. The number of halogens is 3. The molecular formula is C14H7Cl2FN2O. The molecule has 2 heterocycles. The van der Waals surface area contributed by atoms with Crippen LogP contribution in [0.4, 0.5) is 10.1 Å². The highest BCUT2D eigenvalue weighted by atomic mass is 35.5. The second kappa shape index (κ2) is 4.89. The molecule has 2 aromatic rings. The van der Waals surface area contributed by atoms with E-state index in [0.29, 0.717) is 16.8 Å². The van der Waals surface area contributed by atoms with Gasteiger partial charge in [-0.3, -0.25) is 4.79 Å². The van der Waals surface area contributed by atoms with Gasteiger partial charge in [-0.15, -0.1) is 0 Å². The highest BCUT2D eigenvalue weighted by Gasteiger charge is 2.25. The predicted octanol–water partition coefficient (Wildman–Crippen LogP) is 4.02. The number of hydrogen-bond donors (Lipinski definition) is 1. The van der Waals surface area contributed by atoms with Crippen LogP contribution in [-0.2, 0) is 4.79 Å². The van der Waals surface area contributed by atoms with Crippen molar-refractivity contribution in [1.29, 1.82) is 0 Å². The number of nitrogens with one attached hydrogen (secondary N) is 1. The molecular weight excluding hydrogens is 302 g/mol. The number of benzene rings is 1. The maximum atomic E-state index is 13.9. The molecule has 1 aromatic heterocycles. The van der Waals surface area contributed by atoms with Crippen molar-refractivity contribution in [2.75, 3.05) is 5.32 Å². The lowest BCUT2D eigenvalue weighted by atomic mass is 10.1. The minimum Gasteiger partial charge on any atom is -0.321 e. The third-order valence-corrected chi connectivity index (χ3v) is 3.43. The monoisotopic (exact) mass is 308 g/mol. The Labute approximate surface area is 124 Å². The van der Waals surface area contributed by atoms with Gasteiger partial charge in [-0.25, -0.2) is 9.37 Å². The topological polar surface area (TPSA) is 42.0 Å². The van der Waals surface area contributed by atoms with E-state index in [1.165, 1.54) is 18.3 Å². The lowest BCUT2D eigenvalue weighted by molar-refractivity contribution is -0.110. The first-order valence-corrected chi connectivity index (χ1v) is 6.45. The Morgan fingerprint density at radius 2 is 2.10 bits per heavy atom. The summed E-state index contributed by atoms with van der Waals surface area (Å²) in [6, 6.07) is 6.15. The summed E-state index contributed by atoms with van der Waals surface area (Å²) >= 11 is 11.5. The van der Waals surface area contributed by atoms with Crippen LogP contribution >= 0.6 is 23.2 Å². The standard InChI is InChI=1S/C14H7Cl2FN2O/c15-10-3-1-2-7(13(10)17)4-8-9-6-18-12(16)5-11(9)19-14(8)20/h1-6H,(H,19,20)/b8-4-. The fourth-order valence-electron chi connectivity index (χ4n) is 1.99. The Morgan fingerprint density at radius 3 is 2.90 bits per heavy atom. The Balaban J connectivity index is 2.14. The van der Waals surface area contributed by atoms with Gasteiger partial charge >= 0.3 is 0 Å². The van der Waals surface area contributed by atoms with Gasteiger partial charge in [0.25, 0.3) is 5.91 Å². The van der Waals surface area contributed by atoms with Crippen molar-refractivity contribution in [3.05, 3.63) is 57.6 Å². The van der Waals surface area contributed by atoms with E-state index in [1.54, 1.807) is 18.2 Å². The summed E-state index contributed by atoms with van der Waals surface area (Å²) in [5.74, 6) is -0.895. The van der Waals surface area contributed by atoms with Crippen molar-refractivity contribution in [2.45, 2.75) is 0 Å². The molecule has 1 aliphatic rings. The van der Waals surface area contributed by atoms with E-state index in [0.717, 1.165) is 0 Å².